The van der Waals surface area contributed by atoms with Crippen LogP contribution in [0.5, 0.6) is 0 Å². The lowest BCUT2D eigenvalue weighted by Crippen LogP contribution is -2.20. The Morgan fingerprint density at radius 3 is 2.61 bits per heavy atom. The van der Waals surface area contributed by atoms with Gasteiger partial charge in [0, 0.05) is 23.7 Å². The van der Waals surface area contributed by atoms with Crippen LogP contribution in [0.25, 0.3) is 0 Å². The van der Waals surface area contributed by atoms with E-state index in [-0.39, 0.29) is 23.6 Å². The Balaban J connectivity index is 2.78. The molecule has 0 bridgehead atoms. The van der Waals surface area contributed by atoms with E-state index in [2.05, 4.69) is 5.32 Å². The summed E-state index contributed by atoms with van der Waals surface area (Å²) >= 11 is 0. The van der Waals surface area contributed by atoms with E-state index >= 15 is 0 Å². The number of sulfone groups is 1. The molecule has 0 unspecified atom stereocenters. The van der Waals surface area contributed by atoms with E-state index in [1.54, 1.807) is 19.1 Å². The summed E-state index contributed by atoms with van der Waals surface area (Å²) in [6.45, 7) is 1.80. The van der Waals surface area contributed by atoms with Gasteiger partial charge in [0.05, 0.1) is 11.3 Å². The van der Waals surface area contributed by atoms with Gasteiger partial charge in [-0.25, -0.2) is 8.42 Å². The van der Waals surface area contributed by atoms with Crippen LogP contribution in [0.1, 0.15) is 17.3 Å². The zero-order valence-electron chi connectivity index (χ0n) is 10.1. The van der Waals surface area contributed by atoms with Gasteiger partial charge < -0.3 is 16.8 Å². The van der Waals surface area contributed by atoms with Crippen LogP contribution in [0.2, 0.25) is 0 Å². The predicted molar refractivity (Wildman–Crippen MR) is 72.2 cm³/mol. The zero-order chi connectivity index (χ0) is 13.8. The fourth-order valence-electron chi connectivity index (χ4n) is 1.41. The lowest BCUT2D eigenvalue weighted by molar-refractivity contribution is 0.100. The summed E-state index contributed by atoms with van der Waals surface area (Å²) in [5, 5.41) is 2.87. The van der Waals surface area contributed by atoms with E-state index in [0.29, 0.717) is 11.4 Å². The molecule has 0 atom stereocenters. The first-order valence-electron chi connectivity index (χ1n) is 5.49. The van der Waals surface area contributed by atoms with Crippen LogP contribution in [0.15, 0.2) is 18.2 Å². The molecule has 0 aliphatic carbocycles. The van der Waals surface area contributed by atoms with Gasteiger partial charge in [-0.05, 0) is 18.2 Å². The molecule has 0 saturated heterocycles. The molecule has 1 aromatic carbocycles. The van der Waals surface area contributed by atoms with Crippen molar-refractivity contribution in [2.75, 3.05) is 29.1 Å². The van der Waals surface area contributed by atoms with Crippen molar-refractivity contribution in [2.24, 2.45) is 5.73 Å². The van der Waals surface area contributed by atoms with E-state index in [1.165, 1.54) is 6.07 Å². The maximum absolute atomic E-state index is 11.3. The molecule has 0 fully saturated rings. The van der Waals surface area contributed by atoms with Crippen LogP contribution in [0, 0.1) is 0 Å². The maximum atomic E-state index is 11.3. The number of hydrogen-bond donors (Lipinski definition) is 3. The largest absolute Gasteiger partial charge is 0.399 e. The number of carbonyl (C=O) groups excluding carboxylic acids is 1. The van der Waals surface area contributed by atoms with Gasteiger partial charge in [0.25, 0.3) is 5.91 Å². The SMILES string of the molecule is CCS(=O)(=O)CCNc1cc(N)ccc1C(N)=O. The molecule has 100 valence electrons. The molecular weight excluding hydrogens is 254 g/mol. The number of rotatable bonds is 6. The number of nitrogens with one attached hydrogen (secondary N) is 1. The fraction of sp³-hybridized carbons (Fsp3) is 0.364. The second kappa shape index (κ2) is 5.72. The Labute approximate surface area is 106 Å². The topological polar surface area (TPSA) is 115 Å². The highest BCUT2D eigenvalue weighted by Gasteiger charge is 2.10. The Bertz CT molecular complexity index is 540. The molecule has 7 heteroatoms. The number of amides is 1. The molecule has 18 heavy (non-hydrogen) atoms. The summed E-state index contributed by atoms with van der Waals surface area (Å²) in [6.07, 6.45) is 0. The molecule has 5 N–H and O–H groups in total. The number of primary amides is 1. The quantitative estimate of drug-likeness (QED) is 0.640. The zero-order valence-corrected chi connectivity index (χ0v) is 11.0. The Kier molecular flexibility index (Phi) is 4.55. The average Bonchev–Trinajstić information content (AvgIpc) is 2.28. The summed E-state index contributed by atoms with van der Waals surface area (Å²) in [5.41, 5.74) is 12.0. The standard InChI is InChI=1S/C11H17N3O3S/c1-2-18(16,17)6-5-14-10-7-8(12)3-4-9(10)11(13)15/h3-4,7,14H,2,5-6,12H2,1H3,(H2,13,15). The second-order valence-corrected chi connectivity index (χ2v) is 6.31. The first-order chi connectivity index (χ1) is 8.35. The van der Waals surface area contributed by atoms with Crippen molar-refractivity contribution in [2.45, 2.75) is 6.92 Å². The average molecular weight is 271 g/mol. The van der Waals surface area contributed by atoms with Gasteiger partial charge in [-0.1, -0.05) is 6.92 Å². The van der Waals surface area contributed by atoms with Crippen molar-refractivity contribution in [1.29, 1.82) is 0 Å². The minimum absolute atomic E-state index is 0.00347. The number of nitrogen functional groups attached to an aromatic ring is 1. The molecule has 1 aromatic rings. The second-order valence-electron chi connectivity index (χ2n) is 3.83. The molecule has 0 spiro atoms. The first kappa shape index (κ1) is 14.3. The van der Waals surface area contributed by atoms with Gasteiger partial charge in [-0.2, -0.15) is 0 Å². The Morgan fingerprint density at radius 2 is 2.06 bits per heavy atom. The molecule has 1 amide bonds. The highest BCUT2D eigenvalue weighted by atomic mass is 32.2. The molecule has 0 aromatic heterocycles. The van der Waals surface area contributed by atoms with Gasteiger partial charge in [0.2, 0.25) is 0 Å². The van der Waals surface area contributed by atoms with Gasteiger partial charge in [-0.15, -0.1) is 0 Å². The van der Waals surface area contributed by atoms with Crippen molar-refractivity contribution in [3.05, 3.63) is 23.8 Å². The Morgan fingerprint density at radius 1 is 1.39 bits per heavy atom. The van der Waals surface area contributed by atoms with Crippen molar-refractivity contribution >= 4 is 27.1 Å². The number of hydrogen-bond acceptors (Lipinski definition) is 5. The summed E-state index contributed by atoms with van der Waals surface area (Å²) in [6, 6.07) is 4.63. The lowest BCUT2D eigenvalue weighted by Gasteiger charge is -2.10. The van der Waals surface area contributed by atoms with E-state index in [4.69, 9.17) is 11.5 Å². The fourth-order valence-corrected chi connectivity index (χ4v) is 2.11. The third-order valence-electron chi connectivity index (χ3n) is 2.48. The van der Waals surface area contributed by atoms with Gasteiger partial charge in [-0.3, -0.25) is 4.79 Å². The van der Waals surface area contributed by atoms with Gasteiger partial charge in [0.1, 0.15) is 0 Å². The van der Waals surface area contributed by atoms with Gasteiger partial charge in [0.15, 0.2) is 9.84 Å². The number of anilines is 2. The van der Waals surface area contributed by atoms with Crippen molar-refractivity contribution in [3.8, 4) is 0 Å². The summed E-state index contributed by atoms with van der Waals surface area (Å²) in [5.74, 6) is -0.499. The first-order valence-corrected chi connectivity index (χ1v) is 7.31. The maximum Gasteiger partial charge on any atom is 0.250 e. The molecule has 1 rings (SSSR count). The molecule has 0 aliphatic heterocycles. The van der Waals surface area contributed by atoms with E-state index < -0.39 is 15.7 Å². The van der Waals surface area contributed by atoms with Crippen molar-refractivity contribution in [1.82, 2.24) is 0 Å². The normalized spacial score (nSPS) is 11.2. The predicted octanol–water partition coefficient (Wildman–Crippen LogP) is 0.214. The summed E-state index contributed by atoms with van der Waals surface area (Å²) in [7, 11) is -3.04. The number of benzene rings is 1. The van der Waals surface area contributed by atoms with E-state index in [9.17, 15) is 13.2 Å². The molecular formula is C11H17N3O3S. The van der Waals surface area contributed by atoms with E-state index in [0.717, 1.165) is 0 Å². The molecule has 6 nitrogen and oxygen atoms in total. The molecule has 0 heterocycles. The van der Waals surface area contributed by atoms with Crippen LogP contribution < -0.4 is 16.8 Å². The lowest BCUT2D eigenvalue weighted by atomic mass is 10.1. The van der Waals surface area contributed by atoms with Crippen molar-refractivity contribution < 1.29 is 13.2 Å². The minimum Gasteiger partial charge on any atom is -0.399 e. The third kappa shape index (κ3) is 3.92. The van der Waals surface area contributed by atoms with Crippen molar-refractivity contribution in [3.63, 3.8) is 0 Å². The molecule has 0 aliphatic rings. The third-order valence-corrected chi connectivity index (χ3v) is 4.18. The number of nitrogens with two attached hydrogens (primary N) is 2. The molecule has 0 saturated carbocycles. The van der Waals surface area contributed by atoms with E-state index in [1.807, 2.05) is 0 Å². The monoisotopic (exact) mass is 271 g/mol. The minimum atomic E-state index is -3.04. The van der Waals surface area contributed by atoms with Crippen LogP contribution in [0.4, 0.5) is 11.4 Å². The molecule has 0 radical (unpaired) electrons. The summed E-state index contributed by atoms with van der Waals surface area (Å²) in [4.78, 5) is 11.2. The smallest absolute Gasteiger partial charge is 0.250 e. The van der Waals surface area contributed by atoms with Crippen LogP contribution in [-0.2, 0) is 9.84 Å². The van der Waals surface area contributed by atoms with Crippen LogP contribution in [0.3, 0.4) is 0 Å². The highest BCUT2D eigenvalue weighted by molar-refractivity contribution is 7.91. The Hall–Kier alpha value is -1.76. The highest BCUT2D eigenvalue weighted by Crippen LogP contribution is 2.18. The summed E-state index contributed by atoms with van der Waals surface area (Å²) < 4.78 is 22.6. The number of carbonyl (C=O) groups is 1. The van der Waals surface area contributed by atoms with Gasteiger partial charge >= 0.3 is 0 Å². The van der Waals surface area contributed by atoms with Crippen LogP contribution in [-0.4, -0.2) is 32.4 Å². The van der Waals surface area contributed by atoms with Crippen LogP contribution >= 0.6 is 0 Å².